The number of nitrogens with one attached hydrogen (secondary N) is 1. The van der Waals surface area contributed by atoms with Crippen molar-refractivity contribution in [2.75, 3.05) is 5.32 Å². The van der Waals surface area contributed by atoms with Crippen molar-refractivity contribution in [1.82, 2.24) is 0 Å². The number of hydrogen-bond acceptors (Lipinski definition) is 5. The van der Waals surface area contributed by atoms with Crippen LogP contribution in [-0.2, 0) is 19.6 Å². The van der Waals surface area contributed by atoms with Gasteiger partial charge in [-0.2, -0.15) is 0 Å². The standard InChI is InChI=1S/C16H14ClFN2O5S/c1-9(15(21)20-11-4-2-3-10(18)7-11)25-16(22)13-8-12(26(19,23)24)5-6-14(13)17/h2-9H,1H3,(H,20,21)(H2,19,23,24)/t9-/m0/s1. The predicted octanol–water partition coefficient (Wildman–Crippen LogP) is 2.31. The molecule has 0 bridgehead atoms. The van der Waals surface area contributed by atoms with Gasteiger partial charge in [-0.15, -0.1) is 0 Å². The van der Waals surface area contributed by atoms with Crippen molar-refractivity contribution in [1.29, 1.82) is 0 Å². The van der Waals surface area contributed by atoms with Crippen LogP contribution in [-0.4, -0.2) is 26.4 Å². The molecule has 1 amide bonds. The van der Waals surface area contributed by atoms with E-state index in [0.29, 0.717) is 0 Å². The summed E-state index contributed by atoms with van der Waals surface area (Å²) in [6.07, 6.45) is -1.25. The number of sulfonamides is 1. The van der Waals surface area contributed by atoms with Crippen molar-refractivity contribution in [2.45, 2.75) is 17.9 Å². The molecule has 0 unspecified atom stereocenters. The van der Waals surface area contributed by atoms with Crippen molar-refractivity contribution < 1.29 is 27.1 Å². The van der Waals surface area contributed by atoms with E-state index >= 15 is 0 Å². The number of amides is 1. The maximum atomic E-state index is 13.1. The van der Waals surface area contributed by atoms with Gasteiger partial charge in [-0.25, -0.2) is 22.7 Å². The van der Waals surface area contributed by atoms with E-state index in [4.69, 9.17) is 21.5 Å². The number of anilines is 1. The highest BCUT2D eigenvalue weighted by atomic mass is 35.5. The minimum Gasteiger partial charge on any atom is -0.449 e. The van der Waals surface area contributed by atoms with Gasteiger partial charge in [-0.3, -0.25) is 4.79 Å². The van der Waals surface area contributed by atoms with Gasteiger partial charge in [-0.1, -0.05) is 17.7 Å². The van der Waals surface area contributed by atoms with Gasteiger partial charge in [0, 0.05) is 5.69 Å². The van der Waals surface area contributed by atoms with Gasteiger partial charge in [0.1, 0.15) is 5.82 Å². The minimum atomic E-state index is -4.05. The summed E-state index contributed by atoms with van der Waals surface area (Å²) in [5, 5.41) is 7.32. The van der Waals surface area contributed by atoms with Gasteiger partial charge in [-0.05, 0) is 43.3 Å². The van der Waals surface area contributed by atoms with Gasteiger partial charge < -0.3 is 10.1 Å². The average molecular weight is 401 g/mol. The van der Waals surface area contributed by atoms with Crippen LogP contribution in [0.5, 0.6) is 0 Å². The minimum absolute atomic E-state index is 0.0693. The Bertz CT molecular complexity index is 965. The summed E-state index contributed by atoms with van der Waals surface area (Å²) in [7, 11) is -4.05. The summed E-state index contributed by atoms with van der Waals surface area (Å²) in [6, 6.07) is 8.43. The molecule has 0 heterocycles. The summed E-state index contributed by atoms with van der Waals surface area (Å²) < 4.78 is 40.8. The number of primary sulfonamides is 1. The molecule has 138 valence electrons. The largest absolute Gasteiger partial charge is 0.449 e. The third-order valence-electron chi connectivity index (χ3n) is 3.23. The van der Waals surface area contributed by atoms with Crippen LogP contribution in [0, 0.1) is 5.82 Å². The van der Waals surface area contributed by atoms with E-state index in [1.807, 2.05) is 0 Å². The van der Waals surface area contributed by atoms with Crippen molar-refractivity contribution in [3.8, 4) is 0 Å². The maximum Gasteiger partial charge on any atom is 0.340 e. The predicted molar refractivity (Wildman–Crippen MR) is 92.7 cm³/mol. The normalized spacial score (nSPS) is 12.3. The summed E-state index contributed by atoms with van der Waals surface area (Å²) >= 11 is 5.87. The van der Waals surface area contributed by atoms with Crippen molar-refractivity contribution in [2.24, 2.45) is 5.14 Å². The lowest BCUT2D eigenvalue weighted by Gasteiger charge is -2.14. The van der Waals surface area contributed by atoms with Crippen molar-refractivity contribution >= 4 is 39.2 Å². The van der Waals surface area contributed by atoms with Crippen LogP contribution in [0.3, 0.4) is 0 Å². The van der Waals surface area contributed by atoms with Crippen LogP contribution in [0.2, 0.25) is 5.02 Å². The van der Waals surface area contributed by atoms with Crippen LogP contribution in [0.4, 0.5) is 10.1 Å². The molecule has 0 aromatic heterocycles. The first-order valence-corrected chi connectivity index (χ1v) is 9.10. The SMILES string of the molecule is C[C@H](OC(=O)c1cc(S(N)(=O)=O)ccc1Cl)C(=O)Nc1cccc(F)c1. The Kier molecular flexibility index (Phi) is 5.96. The molecule has 2 aromatic carbocycles. The summed E-state index contributed by atoms with van der Waals surface area (Å²) in [5.41, 5.74) is -0.0734. The van der Waals surface area contributed by atoms with Crippen LogP contribution in [0.15, 0.2) is 47.4 Å². The molecule has 0 spiro atoms. The zero-order chi connectivity index (χ0) is 19.5. The Balaban J connectivity index is 2.12. The second kappa shape index (κ2) is 7.81. The molecule has 26 heavy (non-hydrogen) atoms. The quantitative estimate of drug-likeness (QED) is 0.747. The van der Waals surface area contributed by atoms with Gasteiger partial charge >= 0.3 is 5.97 Å². The van der Waals surface area contributed by atoms with Gasteiger partial charge in [0.2, 0.25) is 10.0 Å². The first-order chi connectivity index (χ1) is 12.1. The molecule has 2 aromatic rings. The molecule has 3 N–H and O–H groups in total. The fraction of sp³-hybridized carbons (Fsp3) is 0.125. The van der Waals surface area contributed by atoms with Gasteiger partial charge in [0.05, 0.1) is 15.5 Å². The number of ether oxygens (including phenoxy) is 1. The zero-order valence-electron chi connectivity index (χ0n) is 13.4. The molecular formula is C16H14ClFN2O5S. The molecule has 2 rings (SSSR count). The Labute approximate surface area is 154 Å². The Morgan fingerprint density at radius 1 is 1.23 bits per heavy atom. The lowest BCUT2D eigenvalue weighted by molar-refractivity contribution is -0.123. The van der Waals surface area contributed by atoms with E-state index in [-0.39, 0.29) is 21.2 Å². The first kappa shape index (κ1) is 19.8. The molecule has 0 saturated heterocycles. The monoisotopic (exact) mass is 400 g/mol. The molecule has 7 nitrogen and oxygen atoms in total. The molecule has 0 aliphatic heterocycles. The van der Waals surface area contributed by atoms with Crippen LogP contribution in [0.1, 0.15) is 17.3 Å². The lowest BCUT2D eigenvalue weighted by atomic mass is 10.2. The highest BCUT2D eigenvalue weighted by molar-refractivity contribution is 7.89. The second-order valence-electron chi connectivity index (χ2n) is 5.23. The highest BCUT2D eigenvalue weighted by Gasteiger charge is 2.22. The average Bonchev–Trinajstić information content (AvgIpc) is 2.53. The van der Waals surface area contributed by atoms with E-state index in [2.05, 4.69) is 5.32 Å². The zero-order valence-corrected chi connectivity index (χ0v) is 15.0. The van der Waals surface area contributed by atoms with E-state index < -0.39 is 33.8 Å². The van der Waals surface area contributed by atoms with Crippen molar-refractivity contribution in [3.63, 3.8) is 0 Å². The number of hydrogen-bond donors (Lipinski definition) is 2. The second-order valence-corrected chi connectivity index (χ2v) is 7.20. The summed E-state index contributed by atoms with van der Waals surface area (Å²) in [4.78, 5) is 23.9. The van der Waals surface area contributed by atoms with Gasteiger partial charge in [0.15, 0.2) is 6.10 Å². The molecule has 1 atom stereocenters. The van der Waals surface area contributed by atoms with E-state index in [0.717, 1.165) is 18.2 Å². The molecule has 0 saturated carbocycles. The van der Waals surface area contributed by atoms with Crippen LogP contribution in [0.25, 0.3) is 0 Å². The Morgan fingerprint density at radius 2 is 1.92 bits per heavy atom. The molecule has 0 aliphatic carbocycles. The number of rotatable bonds is 5. The molecule has 10 heteroatoms. The van der Waals surface area contributed by atoms with E-state index in [1.54, 1.807) is 0 Å². The van der Waals surface area contributed by atoms with E-state index in [9.17, 15) is 22.4 Å². The fourth-order valence-corrected chi connectivity index (χ4v) is 2.66. The number of carbonyl (C=O) groups excluding carboxylic acids is 2. The Hall–Kier alpha value is -2.49. The van der Waals surface area contributed by atoms with Crippen molar-refractivity contribution in [3.05, 3.63) is 58.9 Å². The highest BCUT2D eigenvalue weighted by Crippen LogP contribution is 2.21. The van der Waals surface area contributed by atoms with Gasteiger partial charge in [0.25, 0.3) is 5.91 Å². The van der Waals surface area contributed by atoms with E-state index in [1.165, 1.54) is 31.2 Å². The molecular weight excluding hydrogens is 387 g/mol. The molecule has 0 radical (unpaired) electrons. The number of nitrogens with two attached hydrogens (primary N) is 1. The smallest absolute Gasteiger partial charge is 0.340 e. The first-order valence-electron chi connectivity index (χ1n) is 7.17. The number of benzene rings is 2. The fourth-order valence-electron chi connectivity index (χ4n) is 1.93. The summed E-state index contributed by atoms with van der Waals surface area (Å²) in [6.45, 7) is 1.30. The summed E-state index contributed by atoms with van der Waals surface area (Å²) in [5.74, 6) is -2.26. The number of carbonyl (C=O) groups is 2. The maximum absolute atomic E-state index is 13.1. The topological polar surface area (TPSA) is 116 Å². The molecule has 0 aliphatic rings. The third-order valence-corrected chi connectivity index (χ3v) is 4.47. The van der Waals surface area contributed by atoms with Crippen LogP contribution >= 0.6 is 11.6 Å². The number of esters is 1. The molecule has 0 fully saturated rings. The lowest BCUT2D eigenvalue weighted by Crippen LogP contribution is -2.30. The Morgan fingerprint density at radius 3 is 2.54 bits per heavy atom. The third kappa shape index (κ3) is 5.01. The van der Waals surface area contributed by atoms with Crippen LogP contribution < -0.4 is 10.5 Å². The number of halogens is 2.